The second-order valence-corrected chi connectivity index (χ2v) is 8.54. The number of aliphatic hydroxyl groups is 1. The number of amides is 1. The van der Waals surface area contributed by atoms with Crippen LogP contribution < -0.4 is 14.4 Å². The van der Waals surface area contributed by atoms with Crippen LogP contribution >= 0.6 is 0 Å². The van der Waals surface area contributed by atoms with E-state index in [4.69, 9.17) is 9.47 Å². The molecule has 2 aromatic rings. The Bertz CT molecular complexity index is 1070. The van der Waals surface area contributed by atoms with E-state index in [2.05, 4.69) is 6.92 Å². The maximum Gasteiger partial charge on any atom is 0.295 e. The van der Waals surface area contributed by atoms with Crippen molar-refractivity contribution in [3.8, 4) is 11.5 Å². The van der Waals surface area contributed by atoms with Gasteiger partial charge < -0.3 is 24.4 Å². The zero-order valence-corrected chi connectivity index (χ0v) is 19.3. The number of ketones is 1. The number of Topliss-reactive ketones (excluding diaryl/α,β-unsaturated/α-hetero) is 1. The van der Waals surface area contributed by atoms with E-state index in [1.165, 1.54) is 0 Å². The Morgan fingerprint density at radius 2 is 1.73 bits per heavy atom. The van der Waals surface area contributed by atoms with E-state index in [-0.39, 0.29) is 11.3 Å². The Hall–Kier alpha value is -3.48. The van der Waals surface area contributed by atoms with Gasteiger partial charge in [-0.1, -0.05) is 31.9 Å². The van der Waals surface area contributed by atoms with Crippen molar-refractivity contribution in [1.82, 2.24) is 4.90 Å². The predicted molar refractivity (Wildman–Crippen MR) is 127 cm³/mol. The SMILES string of the molecule is CCCCCN1C(=O)C(=O)/C(=C(\O)c2ccc3c(c2)OCCO3)C1c1ccc(N(C)C)cc1. The van der Waals surface area contributed by atoms with E-state index >= 15 is 0 Å². The summed E-state index contributed by atoms with van der Waals surface area (Å²) in [7, 11) is 3.90. The summed E-state index contributed by atoms with van der Waals surface area (Å²) in [6.45, 7) is 3.42. The molecule has 1 amide bonds. The molecule has 174 valence electrons. The van der Waals surface area contributed by atoms with Crippen LogP contribution in [-0.2, 0) is 9.59 Å². The summed E-state index contributed by atoms with van der Waals surface area (Å²) in [5, 5.41) is 11.2. The van der Waals surface area contributed by atoms with Crippen LogP contribution in [0.15, 0.2) is 48.0 Å². The van der Waals surface area contributed by atoms with E-state index < -0.39 is 17.7 Å². The smallest absolute Gasteiger partial charge is 0.295 e. The van der Waals surface area contributed by atoms with Crippen LogP contribution in [0.5, 0.6) is 11.5 Å². The molecule has 2 heterocycles. The highest BCUT2D eigenvalue weighted by atomic mass is 16.6. The molecular weight excluding hydrogens is 420 g/mol. The van der Waals surface area contributed by atoms with Crippen LogP contribution in [0.2, 0.25) is 0 Å². The summed E-state index contributed by atoms with van der Waals surface area (Å²) in [6.07, 6.45) is 2.75. The Morgan fingerprint density at radius 1 is 1.03 bits per heavy atom. The Kier molecular flexibility index (Phi) is 6.58. The van der Waals surface area contributed by atoms with Gasteiger partial charge in [0.2, 0.25) is 0 Å². The number of anilines is 1. The van der Waals surface area contributed by atoms with Gasteiger partial charge in [-0.15, -0.1) is 0 Å². The highest BCUT2D eigenvalue weighted by Gasteiger charge is 2.45. The fourth-order valence-corrected chi connectivity index (χ4v) is 4.29. The van der Waals surface area contributed by atoms with E-state index in [0.717, 1.165) is 30.5 Å². The van der Waals surface area contributed by atoms with Gasteiger partial charge in [-0.3, -0.25) is 9.59 Å². The van der Waals surface area contributed by atoms with Crippen molar-refractivity contribution < 1.29 is 24.2 Å². The Labute approximate surface area is 194 Å². The lowest BCUT2D eigenvalue weighted by Gasteiger charge is -2.26. The van der Waals surface area contributed by atoms with E-state index in [1.54, 1.807) is 23.1 Å². The van der Waals surface area contributed by atoms with Crippen molar-refractivity contribution in [2.75, 3.05) is 38.8 Å². The first-order chi connectivity index (χ1) is 15.9. The normalized spacial score (nSPS) is 19.1. The van der Waals surface area contributed by atoms with Crippen molar-refractivity contribution in [2.24, 2.45) is 0 Å². The molecule has 0 bridgehead atoms. The third kappa shape index (κ3) is 4.40. The van der Waals surface area contributed by atoms with Gasteiger partial charge in [0.05, 0.1) is 11.6 Å². The minimum atomic E-state index is -0.666. The first-order valence-corrected chi connectivity index (χ1v) is 11.4. The van der Waals surface area contributed by atoms with Gasteiger partial charge in [-0.05, 0) is 42.3 Å². The van der Waals surface area contributed by atoms with E-state index in [9.17, 15) is 14.7 Å². The molecule has 1 N–H and O–H groups in total. The summed E-state index contributed by atoms with van der Waals surface area (Å²) in [4.78, 5) is 29.7. The van der Waals surface area contributed by atoms with E-state index in [0.29, 0.717) is 36.8 Å². The number of aliphatic hydroxyl groups excluding tert-OH is 1. The molecule has 0 aliphatic carbocycles. The summed E-state index contributed by atoms with van der Waals surface area (Å²) in [6, 6.07) is 12.1. The molecule has 0 aromatic heterocycles. The highest BCUT2D eigenvalue weighted by molar-refractivity contribution is 6.46. The summed E-state index contributed by atoms with van der Waals surface area (Å²) in [5.41, 5.74) is 2.32. The number of nitrogens with zero attached hydrogens (tertiary/aromatic N) is 2. The van der Waals surface area contributed by atoms with Crippen LogP contribution in [-0.4, -0.2) is 55.6 Å². The van der Waals surface area contributed by atoms with Gasteiger partial charge in [0.25, 0.3) is 11.7 Å². The number of ether oxygens (including phenoxy) is 2. The van der Waals surface area contributed by atoms with Gasteiger partial charge >= 0.3 is 0 Å². The molecule has 1 saturated heterocycles. The molecule has 2 aliphatic rings. The number of rotatable bonds is 7. The molecule has 4 rings (SSSR count). The first kappa shape index (κ1) is 22.7. The van der Waals surface area contributed by atoms with Crippen molar-refractivity contribution >= 4 is 23.1 Å². The van der Waals surface area contributed by atoms with Crippen molar-refractivity contribution in [1.29, 1.82) is 0 Å². The number of benzene rings is 2. The second kappa shape index (κ2) is 9.57. The van der Waals surface area contributed by atoms with Crippen LogP contribution in [0.25, 0.3) is 5.76 Å². The number of carbonyl (C=O) groups is 2. The van der Waals surface area contributed by atoms with Gasteiger partial charge in [0.1, 0.15) is 19.0 Å². The van der Waals surface area contributed by atoms with Crippen molar-refractivity contribution in [3.05, 3.63) is 59.2 Å². The minimum absolute atomic E-state index is 0.103. The third-order valence-corrected chi connectivity index (χ3v) is 6.08. The standard InChI is InChI=1S/C26H30N2O5/c1-4-5-6-13-28-23(17-7-10-19(11-8-17)27(2)3)22(25(30)26(28)31)24(29)18-9-12-20-21(16-18)33-15-14-32-20/h7-12,16,23,29H,4-6,13-15H2,1-3H3/b24-22-. The quantitative estimate of drug-likeness (QED) is 0.296. The van der Waals surface area contributed by atoms with Gasteiger partial charge in [0, 0.05) is 31.9 Å². The maximum atomic E-state index is 13.1. The third-order valence-electron chi connectivity index (χ3n) is 6.08. The number of carbonyl (C=O) groups excluding carboxylic acids is 2. The fourth-order valence-electron chi connectivity index (χ4n) is 4.29. The van der Waals surface area contributed by atoms with E-state index in [1.807, 2.05) is 43.3 Å². The van der Waals surface area contributed by atoms with Crippen LogP contribution in [0.1, 0.15) is 43.4 Å². The average molecular weight is 451 g/mol. The van der Waals surface area contributed by atoms with Crippen LogP contribution in [0.4, 0.5) is 5.69 Å². The summed E-state index contributed by atoms with van der Waals surface area (Å²) < 4.78 is 11.2. The molecule has 1 unspecified atom stereocenters. The second-order valence-electron chi connectivity index (χ2n) is 8.54. The monoisotopic (exact) mass is 450 g/mol. The predicted octanol–water partition coefficient (Wildman–Crippen LogP) is 4.14. The number of hydrogen-bond donors (Lipinski definition) is 1. The Balaban J connectivity index is 1.79. The molecule has 2 aromatic carbocycles. The highest BCUT2D eigenvalue weighted by Crippen LogP contribution is 2.41. The molecule has 7 nitrogen and oxygen atoms in total. The Morgan fingerprint density at radius 3 is 2.39 bits per heavy atom. The molecular formula is C26H30N2O5. The zero-order chi connectivity index (χ0) is 23.5. The number of hydrogen-bond acceptors (Lipinski definition) is 6. The molecule has 0 spiro atoms. The first-order valence-electron chi connectivity index (χ1n) is 11.4. The van der Waals surface area contributed by atoms with Crippen LogP contribution in [0.3, 0.4) is 0 Å². The molecule has 33 heavy (non-hydrogen) atoms. The topological polar surface area (TPSA) is 79.3 Å². The lowest BCUT2D eigenvalue weighted by Crippen LogP contribution is -2.30. The van der Waals surface area contributed by atoms with Crippen molar-refractivity contribution in [2.45, 2.75) is 32.2 Å². The summed E-state index contributed by atoms with van der Waals surface area (Å²) >= 11 is 0. The number of unbranched alkanes of at least 4 members (excludes halogenated alkanes) is 2. The lowest BCUT2D eigenvalue weighted by atomic mass is 9.95. The van der Waals surface area contributed by atoms with Gasteiger partial charge in [-0.2, -0.15) is 0 Å². The lowest BCUT2D eigenvalue weighted by molar-refractivity contribution is -0.139. The zero-order valence-electron chi connectivity index (χ0n) is 19.3. The largest absolute Gasteiger partial charge is 0.507 e. The molecule has 2 aliphatic heterocycles. The molecule has 1 fully saturated rings. The van der Waals surface area contributed by atoms with Gasteiger partial charge in [-0.25, -0.2) is 0 Å². The number of fused-ring (bicyclic) bond motifs is 1. The molecule has 0 radical (unpaired) electrons. The molecule has 7 heteroatoms. The molecule has 1 atom stereocenters. The summed E-state index contributed by atoms with van der Waals surface area (Å²) in [5.74, 6) is -0.347. The minimum Gasteiger partial charge on any atom is -0.507 e. The fraction of sp³-hybridized carbons (Fsp3) is 0.385. The molecule has 0 saturated carbocycles. The average Bonchev–Trinajstić information content (AvgIpc) is 3.08. The number of likely N-dealkylation sites (tertiary alicyclic amines) is 1. The van der Waals surface area contributed by atoms with Crippen molar-refractivity contribution in [3.63, 3.8) is 0 Å². The van der Waals surface area contributed by atoms with Crippen LogP contribution in [0, 0.1) is 0 Å². The van der Waals surface area contributed by atoms with Gasteiger partial charge in [0.15, 0.2) is 11.5 Å². The maximum absolute atomic E-state index is 13.1.